The van der Waals surface area contributed by atoms with Crippen LogP contribution >= 0.6 is 11.3 Å². The summed E-state index contributed by atoms with van der Waals surface area (Å²) in [6.45, 7) is 5.94. The van der Waals surface area contributed by atoms with E-state index in [0.29, 0.717) is 11.6 Å². The van der Waals surface area contributed by atoms with Gasteiger partial charge in [-0.05, 0) is 13.0 Å². The van der Waals surface area contributed by atoms with Crippen molar-refractivity contribution in [2.45, 2.75) is 38.2 Å². The van der Waals surface area contributed by atoms with Crippen LogP contribution in [-0.4, -0.2) is 23.6 Å². The Balaban J connectivity index is 2.08. The molecule has 1 N–H and O–H groups in total. The molecule has 2 heterocycles. The number of hydrogen-bond acceptors (Lipinski definition) is 5. The minimum absolute atomic E-state index is 0.0310. The maximum absolute atomic E-state index is 12.1. The number of nitrogens with zero attached hydrogens (tertiary/aromatic N) is 2. The molecule has 5 nitrogen and oxygen atoms in total. The van der Waals surface area contributed by atoms with Gasteiger partial charge >= 0.3 is 0 Å². The lowest BCUT2D eigenvalue weighted by molar-refractivity contribution is 0.594. The summed E-state index contributed by atoms with van der Waals surface area (Å²) in [4.78, 5) is 5.03. The van der Waals surface area contributed by atoms with Gasteiger partial charge in [-0.25, -0.2) is 13.4 Å². The zero-order valence-corrected chi connectivity index (χ0v) is 12.8. The van der Waals surface area contributed by atoms with E-state index in [0.717, 1.165) is 15.6 Å². The number of aryl methyl sites for hydroxylation is 1. The molecule has 2 aromatic rings. The number of thiazole rings is 1. The topological polar surface area (TPSA) is 75.7 Å². The molecule has 0 atom stereocenters. The average Bonchev–Trinajstić information content (AvgIpc) is 2.87. The number of sulfone groups is 1. The monoisotopic (exact) mass is 299 g/mol. The highest BCUT2D eigenvalue weighted by molar-refractivity contribution is 7.89. The first-order valence-corrected chi connectivity index (χ1v) is 8.65. The maximum atomic E-state index is 12.1. The summed E-state index contributed by atoms with van der Waals surface area (Å²) in [5.74, 6) is 0.325. The molecule has 0 fully saturated rings. The smallest absolute Gasteiger partial charge is 0.161 e. The Morgan fingerprint density at radius 2 is 2.11 bits per heavy atom. The Bertz CT molecular complexity index is 656. The van der Waals surface area contributed by atoms with Gasteiger partial charge in [-0.15, -0.1) is 11.3 Å². The van der Waals surface area contributed by atoms with Gasteiger partial charge in [0.1, 0.15) is 0 Å². The predicted molar refractivity (Wildman–Crippen MR) is 75.9 cm³/mol. The molecule has 0 unspecified atom stereocenters. The second kappa shape index (κ2) is 5.42. The van der Waals surface area contributed by atoms with E-state index in [1.807, 2.05) is 20.8 Å². The Morgan fingerprint density at radius 3 is 2.63 bits per heavy atom. The van der Waals surface area contributed by atoms with Crippen molar-refractivity contribution in [2.24, 2.45) is 0 Å². The van der Waals surface area contributed by atoms with Crippen LogP contribution in [0.25, 0.3) is 0 Å². The van der Waals surface area contributed by atoms with E-state index in [1.54, 1.807) is 12.3 Å². The molecule has 0 aliphatic heterocycles. The molecule has 19 heavy (non-hydrogen) atoms. The molecule has 0 radical (unpaired) electrons. The second-order valence-corrected chi connectivity index (χ2v) is 8.11. The summed E-state index contributed by atoms with van der Waals surface area (Å²) in [5.41, 5.74) is 1.43. The van der Waals surface area contributed by atoms with Crippen LogP contribution in [0, 0.1) is 6.92 Å². The zero-order chi connectivity index (χ0) is 14.0. The molecule has 0 spiro atoms. The Labute approximate surface area is 117 Å². The fourth-order valence-corrected chi connectivity index (χ4v) is 4.40. The highest BCUT2D eigenvalue weighted by Crippen LogP contribution is 2.23. The summed E-state index contributed by atoms with van der Waals surface area (Å²) in [6, 6.07) is 1.75. The molecule has 2 aromatic heterocycles. The number of hydrogen-bond donors (Lipinski definition) is 1. The van der Waals surface area contributed by atoms with Crippen LogP contribution in [0.4, 0.5) is 0 Å². The Morgan fingerprint density at radius 1 is 1.37 bits per heavy atom. The van der Waals surface area contributed by atoms with E-state index >= 15 is 0 Å². The molecule has 0 bridgehead atoms. The molecular formula is C12H17N3O2S2. The molecule has 2 rings (SSSR count). The van der Waals surface area contributed by atoms with E-state index in [-0.39, 0.29) is 11.5 Å². The van der Waals surface area contributed by atoms with Crippen LogP contribution in [0.1, 0.15) is 41.0 Å². The van der Waals surface area contributed by atoms with Gasteiger partial charge < -0.3 is 0 Å². The molecule has 0 aliphatic rings. The molecule has 104 valence electrons. The van der Waals surface area contributed by atoms with E-state index in [2.05, 4.69) is 15.2 Å². The first kappa shape index (κ1) is 14.2. The minimum Gasteiger partial charge on any atom is -0.283 e. The van der Waals surface area contributed by atoms with E-state index < -0.39 is 9.84 Å². The van der Waals surface area contributed by atoms with Crippen LogP contribution < -0.4 is 0 Å². The van der Waals surface area contributed by atoms with Crippen molar-refractivity contribution < 1.29 is 8.42 Å². The van der Waals surface area contributed by atoms with Gasteiger partial charge in [-0.3, -0.25) is 5.10 Å². The summed E-state index contributed by atoms with van der Waals surface area (Å²) in [5, 5.41) is 7.68. The van der Waals surface area contributed by atoms with Crippen LogP contribution in [-0.2, 0) is 21.3 Å². The average molecular weight is 299 g/mol. The number of rotatable bonds is 5. The standard InChI is InChI=1S/C12H17N3O2S2/c1-8(2)12-13-5-11(18-12)7-19(16,17)6-10-4-9(3)14-15-10/h4-5,8H,6-7H2,1-3H3,(H,14,15). The highest BCUT2D eigenvalue weighted by atomic mass is 32.2. The van der Waals surface area contributed by atoms with Crippen molar-refractivity contribution in [2.75, 3.05) is 0 Å². The van der Waals surface area contributed by atoms with Gasteiger partial charge in [-0.2, -0.15) is 5.10 Å². The van der Waals surface area contributed by atoms with Gasteiger partial charge in [0.25, 0.3) is 0 Å². The van der Waals surface area contributed by atoms with Crippen molar-refractivity contribution in [1.29, 1.82) is 0 Å². The van der Waals surface area contributed by atoms with Gasteiger partial charge in [0.05, 0.1) is 22.2 Å². The molecule has 7 heteroatoms. The zero-order valence-electron chi connectivity index (χ0n) is 11.2. The lowest BCUT2D eigenvalue weighted by Crippen LogP contribution is -2.07. The molecule has 0 amide bonds. The van der Waals surface area contributed by atoms with E-state index in [9.17, 15) is 8.42 Å². The summed E-state index contributed by atoms with van der Waals surface area (Å²) >= 11 is 1.47. The first-order valence-electron chi connectivity index (χ1n) is 6.01. The SMILES string of the molecule is Cc1cc(CS(=O)(=O)Cc2cnc(C(C)C)s2)n[nH]1. The molecular weight excluding hydrogens is 282 g/mol. The van der Waals surface area contributed by atoms with Gasteiger partial charge in [-0.1, -0.05) is 13.8 Å². The summed E-state index contributed by atoms with van der Waals surface area (Å²) < 4.78 is 24.2. The summed E-state index contributed by atoms with van der Waals surface area (Å²) in [7, 11) is -3.20. The van der Waals surface area contributed by atoms with Crippen LogP contribution in [0.2, 0.25) is 0 Å². The lowest BCUT2D eigenvalue weighted by Gasteiger charge is -2.00. The molecule has 0 aromatic carbocycles. The van der Waals surface area contributed by atoms with Crippen LogP contribution in [0.15, 0.2) is 12.3 Å². The van der Waals surface area contributed by atoms with E-state index in [4.69, 9.17) is 0 Å². The number of nitrogens with one attached hydrogen (secondary N) is 1. The lowest BCUT2D eigenvalue weighted by atomic mass is 10.2. The second-order valence-electron chi connectivity index (χ2n) is 4.89. The van der Waals surface area contributed by atoms with Crippen molar-refractivity contribution in [3.8, 4) is 0 Å². The normalized spacial score (nSPS) is 12.2. The highest BCUT2D eigenvalue weighted by Gasteiger charge is 2.17. The van der Waals surface area contributed by atoms with Gasteiger partial charge in [0, 0.05) is 22.7 Å². The van der Waals surface area contributed by atoms with Gasteiger partial charge in [0.2, 0.25) is 0 Å². The quantitative estimate of drug-likeness (QED) is 0.920. The minimum atomic E-state index is -3.20. The largest absolute Gasteiger partial charge is 0.283 e. The van der Waals surface area contributed by atoms with Crippen molar-refractivity contribution in [3.63, 3.8) is 0 Å². The van der Waals surface area contributed by atoms with Crippen molar-refractivity contribution >= 4 is 21.2 Å². The molecule has 0 saturated carbocycles. The van der Waals surface area contributed by atoms with Crippen LogP contribution in [0.3, 0.4) is 0 Å². The summed E-state index contributed by atoms with van der Waals surface area (Å²) in [6.07, 6.45) is 1.66. The first-order chi connectivity index (χ1) is 8.85. The Hall–Kier alpha value is -1.21. The molecule has 0 saturated heterocycles. The van der Waals surface area contributed by atoms with Crippen molar-refractivity contribution in [3.05, 3.63) is 33.5 Å². The van der Waals surface area contributed by atoms with E-state index in [1.165, 1.54) is 11.3 Å². The third-order valence-electron chi connectivity index (χ3n) is 2.55. The third-order valence-corrected chi connectivity index (χ3v) is 5.52. The van der Waals surface area contributed by atoms with Crippen molar-refractivity contribution in [1.82, 2.24) is 15.2 Å². The number of H-pyrrole nitrogens is 1. The maximum Gasteiger partial charge on any atom is 0.161 e. The number of aromatic nitrogens is 3. The number of aromatic amines is 1. The Kier molecular flexibility index (Phi) is 4.05. The fraction of sp³-hybridized carbons (Fsp3) is 0.500. The third kappa shape index (κ3) is 3.87. The van der Waals surface area contributed by atoms with Crippen LogP contribution in [0.5, 0.6) is 0 Å². The van der Waals surface area contributed by atoms with Gasteiger partial charge in [0.15, 0.2) is 9.84 Å². The fourth-order valence-electron chi connectivity index (χ4n) is 1.70. The molecule has 0 aliphatic carbocycles. The predicted octanol–water partition coefficient (Wildman–Crippen LogP) is 2.41.